The summed E-state index contributed by atoms with van der Waals surface area (Å²) in [7, 11) is 5.67. The van der Waals surface area contributed by atoms with Gasteiger partial charge in [-0.1, -0.05) is 20.8 Å². The van der Waals surface area contributed by atoms with Gasteiger partial charge in [-0.15, -0.1) is 4.99 Å². The summed E-state index contributed by atoms with van der Waals surface area (Å²) >= 11 is 0. The SMILES string of the molecule is COc1ccc(-c2[nH]cc(N=Cc3ccc(N(C)C)cc3)[n+]2CC(=O)C(C)(C)C)cc1. The fraction of sp³-hybridized carbons (Fsp3) is 0.320. The van der Waals surface area contributed by atoms with Crippen LogP contribution in [0.25, 0.3) is 11.4 Å². The van der Waals surface area contributed by atoms with Crippen molar-refractivity contribution in [3.05, 3.63) is 60.3 Å². The number of H-pyrrole nitrogens is 1. The zero-order valence-electron chi connectivity index (χ0n) is 19.1. The molecule has 1 N–H and O–H groups in total. The number of benzene rings is 2. The minimum atomic E-state index is -0.440. The molecule has 0 aliphatic rings. The molecule has 0 saturated carbocycles. The maximum atomic E-state index is 12.8. The molecule has 31 heavy (non-hydrogen) atoms. The second-order valence-corrected chi connectivity index (χ2v) is 8.73. The molecule has 2 aromatic carbocycles. The van der Waals surface area contributed by atoms with Gasteiger partial charge in [-0.25, -0.2) is 4.57 Å². The van der Waals surface area contributed by atoms with E-state index in [1.165, 1.54) is 0 Å². The smallest absolute Gasteiger partial charge is 0.294 e. The van der Waals surface area contributed by atoms with E-state index in [-0.39, 0.29) is 12.3 Å². The molecule has 0 saturated heterocycles. The number of ether oxygens (including phenoxy) is 1. The zero-order valence-corrected chi connectivity index (χ0v) is 19.1. The fourth-order valence-electron chi connectivity index (χ4n) is 3.04. The number of nitrogens with one attached hydrogen (secondary N) is 1. The number of carbonyl (C=O) groups is 1. The molecule has 0 radical (unpaired) electrons. The molecule has 0 aliphatic carbocycles. The number of aromatic amines is 1. The first-order valence-corrected chi connectivity index (χ1v) is 10.3. The summed E-state index contributed by atoms with van der Waals surface area (Å²) in [5.74, 6) is 2.45. The standard InChI is InChI=1S/C25H30N4O2/c1-25(2,3)22(30)17-29-23(26-15-18-7-11-20(12-8-18)28(4)5)16-27-24(29)19-9-13-21(31-6)14-10-19/h7-16H,17H2,1-6H3/p+1. The van der Waals surface area contributed by atoms with Crippen molar-refractivity contribution in [2.75, 3.05) is 26.1 Å². The Morgan fingerprint density at radius 1 is 1.10 bits per heavy atom. The van der Waals surface area contributed by atoms with Crippen LogP contribution in [-0.4, -0.2) is 38.2 Å². The first-order chi connectivity index (χ1) is 14.7. The predicted molar refractivity (Wildman–Crippen MR) is 125 cm³/mol. The Hall–Kier alpha value is -3.41. The van der Waals surface area contributed by atoms with Crippen LogP contribution in [0.1, 0.15) is 26.3 Å². The van der Waals surface area contributed by atoms with E-state index < -0.39 is 5.41 Å². The zero-order chi connectivity index (χ0) is 22.6. The summed E-state index contributed by atoms with van der Waals surface area (Å²) in [5.41, 5.74) is 2.64. The van der Waals surface area contributed by atoms with Crippen LogP contribution >= 0.6 is 0 Å². The lowest BCUT2D eigenvalue weighted by Crippen LogP contribution is -2.42. The topological polar surface area (TPSA) is 61.6 Å². The normalized spacial score (nSPS) is 11.7. The van der Waals surface area contributed by atoms with Gasteiger partial charge in [-0.05, 0) is 48.5 Å². The van der Waals surface area contributed by atoms with Crippen LogP contribution in [0.2, 0.25) is 0 Å². The highest BCUT2D eigenvalue weighted by Crippen LogP contribution is 2.22. The Morgan fingerprint density at radius 2 is 1.74 bits per heavy atom. The Bertz CT molecular complexity index is 1060. The highest BCUT2D eigenvalue weighted by Gasteiger charge is 2.27. The molecular formula is C25H31N4O2+. The molecule has 0 aliphatic heterocycles. The van der Waals surface area contributed by atoms with Gasteiger partial charge in [0.2, 0.25) is 5.82 Å². The number of imidazole rings is 1. The summed E-state index contributed by atoms with van der Waals surface area (Å²) in [6.07, 6.45) is 3.65. The Morgan fingerprint density at radius 3 is 2.29 bits per heavy atom. The molecule has 0 bridgehead atoms. The van der Waals surface area contributed by atoms with Gasteiger partial charge >= 0.3 is 0 Å². The van der Waals surface area contributed by atoms with E-state index in [9.17, 15) is 4.79 Å². The van der Waals surface area contributed by atoms with E-state index in [4.69, 9.17) is 4.74 Å². The largest absolute Gasteiger partial charge is 0.497 e. The van der Waals surface area contributed by atoms with Crippen LogP contribution < -0.4 is 14.2 Å². The van der Waals surface area contributed by atoms with Crippen LogP contribution in [-0.2, 0) is 11.3 Å². The van der Waals surface area contributed by atoms with Crippen molar-refractivity contribution in [3.8, 4) is 17.1 Å². The van der Waals surface area contributed by atoms with Crippen LogP contribution in [0.4, 0.5) is 11.5 Å². The Balaban J connectivity index is 1.96. The van der Waals surface area contributed by atoms with Crippen molar-refractivity contribution in [2.45, 2.75) is 27.3 Å². The van der Waals surface area contributed by atoms with E-state index >= 15 is 0 Å². The summed E-state index contributed by atoms with van der Waals surface area (Å²) in [6, 6.07) is 15.9. The quantitative estimate of drug-likeness (QED) is 0.456. The third-order valence-electron chi connectivity index (χ3n) is 5.14. The van der Waals surface area contributed by atoms with E-state index in [2.05, 4.69) is 27.0 Å². The average Bonchev–Trinajstić information content (AvgIpc) is 3.14. The minimum absolute atomic E-state index is 0.138. The molecule has 3 aromatic rings. The maximum Gasteiger partial charge on any atom is 0.294 e. The van der Waals surface area contributed by atoms with Crippen molar-refractivity contribution >= 4 is 23.5 Å². The van der Waals surface area contributed by atoms with Gasteiger partial charge in [-0.2, -0.15) is 0 Å². The molecule has 0 fully saturated rings. The molecule has 0 atom stereocenters. The van der Waals surface area contributed by atoms with E-state index in [1.54, 1.807) is 7.11 Å². The molecule has 0 amide bonds. The van der Waals surface area contributed by atoms with Crippen LogP contribution in [0.3, 0.4) is 0 Å². The second kappa shape index (κ2) is 9.16. The lowest BCUT2D eigenvalue weighted by atomic mass is 9.91. The van der Waals surface area contributed by atoms with Crippen LogP contribution in [0, 0.1) is 5.41 Å². The molecule has 3 rings (SSSR count). The van der Waals surface area contributed by atoms with Gasteiger partial charge in [0.05, 0.1) is 7.11 Å². The van der Waals surface area contributed by atoms with Crippen molar-refractivity contribution < 1.29 is 14.1 Å². The monoisotopic (exact) mass is 419 g/mol. The minimum Gasteiger partial charge on any atom is -0.497 e. The summed E-state index contributed by atoms with van der Waals surface area (Å²) in [5, 5.41) is 0. The molecule has 6 nitrogen and oxygen atoms in total. The van der Waals surface area contributed by atoms with Crippen molar-refractivity contribution in [2.24, 2.45) is 10.4 Å². The number of aliphatic imine (C=N–C) groups is 1. The molecular weight excluding hydrogens is 388 g/mol. The number of ketones is 1. The number of Topliss-reactive ketones (excluding diaryl/α,β-unsaturated/α-hetero) is 1. The van der Waals surface area contributed by atoms with Crippen LogP contribution in [0.15, 0.2) is 59.7 Å². The summed E-state index contributed by atoms with van der Waals surface area (Å²) in [6.45, 7) is 6.04. The van der Waals surface area contributed by atoms with Crippen LogP contribution in [0.5, 0.6) is 5.75 Å². The lowest BCUT2D eigenvalue weighted by Gasteiger charge is -2.16. The first kappa shape index (κ1) is 22.3. The highest BCUT2D eigenvalue weighted by atomic mass is 16.5. The summed E-state index contributed by atoms with van der Waals surface area (Å²) in [4.78, 5) is 22.9. The highest BCUT2D eigenvalue weighted by molar-refractivity contribution is 5.83. The van der Waals surface area contributed by atoms with Gasteiger partial charge in [0, 0.05) is 36.3 Å². The average molecular weight is 420 g/mol. The molecule has 162 valence electrons. The number of carbonyl (C=O) groups excluding carboxylic acids is 1. The van der Waals surface area contributed by atoms with Crippen molar-refractivity contribution in [1.29, 1.82) is 0 Å². The predicted octanol–water partition coefficient (Wildman–Crippen LogP) is 4.41. The van der Waals surface area contributed by atoms with Gasteiger partial charge in [0.25, 0.3) is 5.82 Å². The molecule has 6 heteroatoms. The number of anilines is 1. The Labute approximate surface area is 184 Å². The number of hydrogen-bond acceptors (Lipinski definition) is 4. The van der Waals surface area contributed by atoms with E-state index in [0.29, 0.717) is 5.82 Å². The number of aromatic nitrogens is 2. The number of methoxy groups -OCH3 is 1. The summed E-state index contributed by atoms with van der Waals surface area (Å²) < 4.78 is 7.19. The Kier molecular flexibility index (Phi) is 6.59. The van der Waals surface area contributed by atoms with Crippen molar-refractivity contribution in [3.63, 3.8) is 0 Å². The second-order valence-electron chi connectivity index (χ2n) is 8.73. The van der Waals surface area contributed by atoms with E-state index in [0.717, 1.165) is 28.4 Å². The molecule has 0 spiro atoms. The molecule has 1 aromatic heterocycles. The van der Waals surface area contributed by atoms with E-state index in [1.807, 2.05) is 88.2 Å². The third-order valence-corrected chi connectivity index (χ3v) is 5.14. The maximum absolute atomic E-state index is 12.8. The van der Waals surface area contributed by atoms with Gasteiger partial charge < -0.3 is 9.64 Å². The van der Waals surface area contributed by atoms with Crippen molar-refractivity contribution in [1.82, 2.24) is 4.98 Å². The fourth-order valence-corrected chi connectivity index (χ4v) is 3.04. The van der Waals surface area contributed by atoms with Gasteiger partial charge in [0.1, 0.15) is 24.7 Å². The lowest BCUT2D eigenvalue weighted by molar-refractivity contribution is -0.659. The number of nitrogens with zero attached hydrogens (tertiary/aromatic N) is 3. The third kappa shape index (κ3) is 5.40. The van der Waals surface area contributed by atoms with Gasteiger partial charge in [0.15, 0.2) is 5.78 Å². The molecule has 1 heterocycles. The van der Waals surface area contributed by atoms with Gasteiger partial charge in [-0.3, -0.25) is 9.78 Å². The first-order valence-electron chi connectivity index (χ1n) is 10.3. The molecule has 0 unspecified atom stereocenters. The number of hydrogen-bond donors (Lipinski definition) is 1. The number of rotatable bonds is 7.